The summed E-state index contributed by atoms with van der Waals surface area (Å²) in [5, 5.41) is 10.5. The van der Waals surface area contributed by atoms with Crippen LogP contribution < -0.4 is 0 Å². The van der Waals surface area contributed by atoms with E-state index in [0.717, 1.165) is 18.4 Å². The van der Waals surface area contributed by atoms with Gasteiger partial charge in [0.1, 0.15) is 0 Å². The molecule has 1 aliphatic rings. The van der Waals surface area contributed by atoms with E-state index in [1.165, 1.54) is 0 Å². The molecule has 0 aromatic carbocycles. The second kappa shape index (κ2) is 5.49. The Bertz CT molecular complexity index is 305. The van der Waals surface area contributed by atoms with Gasteiger partial charge in [-0.05, 0) is 37.2 Å². The summed E-state index contributed by atoms with van der Waals surface area (Å²) in [4.78, 5) is 0. The van der Waals surface area contributed by atoms with E-state index in [-0.39, 0.29) is 0 Å². The third-order valence-corrected chi connectivity index (χ3v) is 3.07. The van der Waals surface area contributed by atoms with E-state index in [1.54, 1.807) is 0 Å². The van der Waals surface area contributed by atoms with Crippen LogP contribution in [0, 0.1) is 11.8 Å². The molecule has 16 heavy (non-hydrogen) atoms. The lowest BCUT2D eigenvalue weighted by molar-refractivity contribution is 0.0858. The van der Waals surface area contributed by atoms with Gasteiger partial charge in [-0.25, -0.2) is 0 Å². The van der Waals surface area contributed by atoms with Gasteiger partial charge < -0.3 is 5.11 Å². The third-order valence-electron chi connectivity index (χ3n) is 3.07. The van der Waals surface area contributed by atoms with E-state index in [0.29, 0.717) is 11.8 Å². The quantitative estimate of drug-likeness (QED) is 0.762. The lowest BCUT2D eigenvalue weighted by Gasteiger charge is -2.26. The van der Waals surface area contributed by atoms with Crippen LogP contribution in [0.1, 0.15) is 40.5 Å². The minimum atomic E-state index is -0.693. The molecule has 0 spiro atoms. The Labute approximate surface area is 99.6 Å². The first-order valence-corrected chi connectivity index (χ1v) is 6.21. The fourth-order valence-electron chi connectivity index (χ4n) is 1.87. The van der Waals surface area contributed by atoms with Crippen LogP contribution >= 0.6 is 0 Å². The fourth-order valence-corrected chi connectivity index (χ4v) is 1.87. The van der Waals surface area contributed by atoms with Crippen molar-refractivity contribution in [2.24, 2.45) is 11.8 Å². The number of hydrogen-bond acceptors (Lipinski definition) is 1. The average molecular weight is 220 g/mol. The van der Waals surface area contributed by atoms with Crippen LogP contribution in [-0.4, -0.2) is 10.7 Å². The highest BCUT2D eigenvalue weighted by Gasteiger charge is 2.24. The van der Waals surface area contributed by atoms with Gasteiger partial charge in [-0.3, -0.25) is 0 Å². The molecule has 1 aliphatic carbocycles. The average Bonchev–Trinajstić information content (AvgIpc) is 2.40. The standard InChI is InChI=1S/C15H24O/c1-12(2)9-10-15(4,16)14-8-6-5-7-13(3)11-14/h5-8,11-13,16H,9-10H2,1-4H3. The van der Waals surface area contributed by atoms with Crippen LogP contribution in [-0.2, 0) is 0 Å². The molecule has 2 unspecified atom stereocenters. The van der Waals surface area contributed by atoms with Crippen molar-refractivity contribution in [2.75, 3.05) is 0 Å². The smallest absolute Gasteiger partial charge is 0.0865 e. The van der Waals surface area contributed by atoms with E-state index in [2.05, 4.69) is 32.9 Å². The summed E-state index contributed by atoms with van der Waals surface area (Å²) in [6.07, 6.45) is 12.3. The SMILES string of the molecule is CC1C=CC=CC(C(C)(O)CCC(C)C)=C1. The molecule has 0 aliphatic heterocycles. The summed E-state index contributed by atoms with van der Waals surface area (Å²) in [6, 6.07) is 0. The summed E-state index contributed by atoms with van der Waals surface area (Å²) >= 11 is 0. The van der Waals surface area contributed by atoms with Gasteiger partial charge in [-0.2, -0.15) is 0 Å². The van der Waals surface area contributed by atoms with Crippen molar-refractivity contribution in [1.82, 2.24) is 0 Å². The van der Waals surface area contributed by atoms with Crippen LogP contribution in [0.5, 0.6) is 0 Å². The zero-order valence-electron chi connectivity index (χ0n) is 10.9. The van der Waals surface area contributed by atoms with Crippen LogP contribution in [0.3, 0.4) is 0 Å². The maximum absolute atomic E-state index is 10.5. The molecule has 0 amide bonds. The number of hydrogen-bond donors (Lipinski definition) is 1. The lowest BCUT2D eigenvalue weighted by Crippen LogP contribution is -2.27. The van der Waals surface area contributed by atoms with E-state index >= 15 is 0 Å². The molecular formula is C15H24O. The molecule has 0 radical (unpaired) electrons. The van der Waals surface area contributed by atoms with E-state index in [9.17, 15) is 5.11 Å². The maximum Gasteiger partial charge on any atom is 0.0865 e. The summed E-state index contributed by atoms with van der Waals surface area (Å²) in [6.45, 7) is 8.45. The zero-order chi connectivity index (χ0) is 12.2. The molecule has 1 N–H and O–H groups in total. The molecule has 0 bridgehead atoms. The van der Waals surface area contributed by atoms with Crippen molar-refractivity contribution in [3.8, 4) is 0 Å². The lowest BCUT2D eigenvalue weighted by atomic mass is 9.86. The van der Waals surface area contributed by atoms with Gasteiger partial charge in [-0.1, -0.05) is 51.2 Å². The summed E-state index contributed by atoms with van der Waals surface area (Å²) in [5.41, 5.74) is 0.353. The normalized spacial score (nSPS) is 24.1. The van der Waals surface area contributed by atoms with Gasteiger partial charge in [0.15, 0.2) is 0 Å². The maximum atomic E-state index is 10.5. The fraction of sp³-hybridized carbons (Fsp3) is 0.600. The van der Waals surface area contributed by atoms with Crippen molar-refractivity contribution in [3.05, 3.63) is 36.0 Å². The van der Waals surface area contributed by atoms with Crippen molar-refractivity contribution in [3.63, 3.8) is 0 Å². The highest BCUT2D eigenvalue weighted by Crippen LogP contribution is 2.27. The first kappa shape index (κ1) is 13.2. The first-order chi connectivity index (χ1) is 7.42. The topological polar surface area (TPSA) is 20.2 Å². The Hall–Kier alpha value is -0.820. The van der Waals surface area contributed by atoms with E-state index in [4.69, 9.17) is 0 Å². The van der Waals surface area contributed by atoms with Gasteiger partial charge in [0.05, 0.1) is 5.60 Å². The Morgan fingerprint density at radius 3 is 2.69 bits per heavy atom. The Morgan fingerprint density at radius 1 is 1.38 bits per heavy atom. The summed E-state index contributed by atoms with van der Waals surface area (Å²) < 4.78 is 0. The van der Waals surface area contributed by atoms with Crippen molar-refractivity contribution < 1.29 is 5.11 Å². The molecule has 2 atom stereocenters. The number of rotatable bonds is 4. The van der Waals surface area contributed by atoms with Gasteiger partial charge in [0, 0.05) is 0 Å². The second-order valence-corrected chi connectivity index (χ2v) is 5.43. The van der Waals surface area contributed by atoms with Gasteiger partial charge >= 0.3 is 0 Å². The molecule has 90 valence electrons. The predicted molar refractivity (Wildman–Crippen MR) is 70.2 cm³/mol. The molecule has 0 aromatic heterocycles. The summed E-state index contributed by atoms with van der Waals surface area (Å²) in [7, 11) is 0. The Balaban J connectivity index is 2.74. The molecule has 1 nitrogen and oxygen atoms in total. The molecule has 0 heterocycles. The van der Waals surface area contributed by atoms with E-state index < -0.39 is 5.60 Å². The minimum Gasteiger partial charge on any atom is -0.385 e. The van der Waals surface area contributed by atoms with Crippen LogP contribution in [0.15, 0.2) is 36.0 Å². The zero-order valence-corrected chi connectivity index (χ0v) is 10.9. The van der Waals surface area contributed by atoms with E-state index in [1.807, 2.05) is 25.2 Å². The molecule has 1 heteroatoms. The highest BCUT2D eigenvalue weighted by atomic mass is 16.3. The highest BCUT2D eigenvalue weighted by molar-refractivity contribution is 5.34. The molecule has 0 saturated heterocycles. The van der Waals surface area contributed by atoms with Crippen LogP contribution in [0.25, 0.3) is 0 Å². The molecule has 0 fully saturated rings. The third kappa shape index (κ3) is 3.97. The Morgan fingerprint density at radius 2 is 2.06 bits per heavy atom. The minimum absolute atomic E-state index is 0.399. The van der Waals surface area contributed by atoms with Crippen molar-refractivity contribution in [1.29, 1.82) is 0 Å². The van der Waals surface area contributed by atoms with Gasteiger partial charge in [-0.15, -0.1) is 0 Å². The summed E-state index contributed by atoms with van der Waals surface area (Å²) in [5.74, 6) is 1.04. The van der Waals surface area contributed by atoms with Gasteiger partial charge in [0.25, 0.3) is 0 Å². The molecule has 1 rings (SSSR count). The predicted octanol–water partition coefficient (Wildman–Crippen LogP) is 3.86. The molecule has 0 aromatic rings. The molecule has 0 saturated carbocycles. The number of allylic oxidation sites excluding steroid dienone is 4. The second-order valence-electron chi connectivity index (χ2n) is 5.43. The van der Waals surface area contributed by atoms with Crippen molar-refractivity contribution in [2.45, 2.75) is 46.1 Å². The van der Waals surface area contributed by atoms with Crippen LogP contribution in [0.2, 0.25) is 0 Å². The first-order valence-electron chi connectivity index (χ1n) is 6.21. The van der Waals surface area contributed by atoms with Gasteiger partial charge in [0.2, 0.25) is 0 Å². The largest absolute Gasteiger partial charge is 0.385 e. The van der Waals surface area contributed by atoms with Crippen molar-refractivity contribution >= 4 is 0 Å². The number of aliphatic hydroxyl groups is 1. The monoisotopic (exact) mass is 220 g/mol. The Kier molecular flexibility index (Phi) is 4.55. The van der Waals surface area contributed by atoms with Crippen LogP contribution in [0.4, 0.5) is 0 Å². The molecular weight excluding hydrogens is 196 g/mol.